The van der Waals surface area contributed by atoms with Gasteiger partial charge in [-0.15, -0.1) is 0 Å². The Morgan fingerprint density at radius 3 is 2.95 bits per heavy atom. The summed E-state index contributed by atoms with van der Waals surface area (Å²) in [7, 11) is 0. The molecule has 1 amide bonds. The van der Waals surface area contributed by atoms with Crippen molar-refractivity contribution in [2.75, 3.05) is 0 Å². The molecule has 108 valence electrons. The van der Waals surface area contributed by atoms with E-state index in [1.165, 1.54) is 17.5 Å². The summed E-state index contributed by atoms with van der Waals surface area (Å²) < 4.78 is 0. The first kappa shape index (κ1) is 13.6. The number of carbonyl (C=O) groups is 1. The highest BCUT2D eigenvalue weighted by Crippen LogP contribution is 2.54. The maximum absolute atomic E-state index is 12.3. The van der Waals surface area contributed by atoms with Crippen molar-refractivity contribution in [2.45, 2.75) is 57.0 Å². The van der Waals surface area contributed by atoms with Gasteiger partial charge in [-0.2, -0.15) is 0 Å². The van der Waals surface area contributed by atoms with Gasteiger partial charge in [0.2, 0.25) is 5.91 Å². The van der Waals surface area contributed by atoms with Gasteiger partial charge < -0.3 is 11.1 Å². The first-order chi connectivity index (χ1) is 9.54. The first-order valence-electron chi connectivity index (χ1n) is 7.72. The topological polar surface area (TPSA) is 55.1 Å². The van der Waals surface area contributed by atoms with Crippen LogP contribution in [0.15, 0.2) is 24.3 Å². The van der Waals surface area contributed by atoms with Gasteiger partial charge in [0.05, 0.1) is 5.54 Å². The zero-order valence-corrected chi connectivity index (χ0v) is 12.4. The van der Waals surface area contributed by atoms with Crippen molar-refractivity contribution < 1.29 is 4.79 Å². The molecular weight excluding hydrogens is 248 g/mol. The number of rotatable bonds is 4. The minimum absolute atomic E-state index is 0.0104. The third-order valence-corrected chi connectivity index (χ3v) is 4.92. The summed E-state index contributed by atoms with van der Waals surface area (Å²) >= 11 is 0. The molecule has 20 heavy (non-hydrogen) atoms. The molecule has 0 aliphatic heterocycles. The summed E-state index contributed by atoms with van der Waals surface area (Å²) in [6, 6.07) is 8.93. The van der Waals surface area contributed by atoms with Crippen molar-refractivity contribution in [2.24, 2.45) is 11.7 Å². The Hall–Kier alpha value is -1.35. The Morgan fingerprint density at radius 2 is 2.20 bits per heavy atom. The molecular formula is C17H24N2O. The third kappa shape index (κ3) is 2.24. The average molecular weight is 272 g/mol. The molecule has 4 unspecified atom stereocenters. The summed E-state index contributed by atoms with van der Waals surface area (Å²) in [5.41, 5.74) is 8.27. The van der Waals surface area contributed by atoms with E-state index in [4.69, 9.17) is 5.73 Å². The van der Waals surface area contributed by atoms with Crippen LogP contribution in [-0.4, -0.2) is 17.5 Å². The summed E-state index contributed by atoms with van der Waals surface area (Å²) in [6.07, 6.45) is 3.98. The standard InChI is InChI=1S/C17H24N2O/c1-3-10-17(2,18)16(20)19-15-13-9-8-11-6-4-5-7-12(11)14(13)15/h4-7,13-15H,3,8-10,18H2,1-2H3,(H,19,20). The summed E-state index contributed by atoms with van der Waals surface area (Å²) in [4.78, 5) is 12.3. The van der Waals surface area contributed by atoms with Crippen molar-refractivity contribution >= 4 is 5.91 Å². The molecule has 2 aliphatic carbocycles. The van der Waals surface area contributed by atoms with Crippen LogP contribution in [0.2, 0.25) is 0 Å². The lowest BCUT2D eigenvalue weighted by molar-refractivity contribution is -0.126. The predicted molar refractivity (Wildman–Crippen MR) is 80.4 cm³/mol. The number of hydrogen-bond donors (Lipinski definition) is 2. The largest absolute Gasteiger partial charge is 0.351 e. The summed E-state index contributed by atoms with van der Waals surface area (Å²) in [5, 5.41) is 3.20. The van der Waals surface area contributed by atoms with E-state index in [1.54, 1.807) is 0 Å². The van der Waals surface area contributed by atoms with Crippen molar-refractivity contribution in [1.82, 2.24) is 5.32 Å². The second-order valence-corrected chi connectivity index (χ2v) is 6.59. The number of nitrogens with two attached hydrogens (primary N) is 1. The van der Waals surface area contributed by atoms with Crippen LogP contribution in [0.3, 0.4) is 0 Å². The van der Waals surface area contributed by atoms with E-state index in [0.717, 1.165) is 19.3 Å². The van der Waals surface area contributed by atoms with Crippen LogP contribution in [0.4, 0.5) is 0 Å². The second kappa shape index (κ2) is 4.88. The number of hydrogen-bond acceptors (Lipinski definition) is 2. The monoisotopic (exact) mass is 272 g/mol. The van der Waals surface area contributed by atoms with Crippen LogP contribution in [0.25, 0.3) is 0 Å². The predicted octanol–water partition coefficient (Wildman–Crippen LogP) is 2.35. The molecule has 0 aromatic heterocycles. The van der Waals surface area contributed by atoms with E-state index < -0.39 is 5.54 Å². The van der Waals surface area contributed by atoms with Gasteiger partial charge in [0.25, 0.3) is 0 Å². The Labute approximate surface area is 120 Å². The number of nitrogens with one attached hydrogen (secondary N) is 1. The van der Waals surface area contributed by atoms with E-state index >= 15 is 0 Å². The maximum Gasteiger partial charge on any atom is 0.240 e. The molecule has 3 heteroatoms. The zero-order valence-electron chi connectivity index (χ0n) is 12.4. The van der Waals surface area contributed by atoms with E-state index in [-0.39, 0.29) is 5.91 Å². The minimum Gasteiger partial charge on any atom is -0.351 e. The molecule has 0 radical (unpaired) electrons. The van der Waals surface area contributed by atoms with E-state index in [9.17, 15) is 4.79 Å². The third-order valence-electron chi connectivity index (χ3n) is 4.92. The van der Waals surface area contributed by atoms with E-state index in [1.807, 2.05) is 6.92 Å². The molecule has 0 heterocycles. The lowest BCUT2D eigenvalue weighted by Crippen LogP contribution is -2.52. The Kier molecular flexibility index (Phi) is 3.33. The van der Waals surface area contributed by atoms with Crippen LogP contribution in [0.1, 0.15) is 50.2 Å². The van der Waals surface area contributed by atoms with Crippen LogP contribution in [-0.2, 0) is 11.2 Å². The molecule has 3 rings (SSSR count). The van der Waals surface area contributed by atoms with E-state index in [2.05, 4.69) is 36.5 Å². The maximum atomic E-state index is 12.3. The number of fused-ring (bicyclic) bond motifs is 3. The lowest BCUT2D eigenvalue weighted by atomic mass is 9.92. The fraction of sp³-hybridized carbons (Fsp3) is 0.588. The number of aryl methyl sites for hydroxylation is 1. The van der Waals surface area contributed by atoms with Gasteiger partial charge in [0.1, 0.15) is 0 Å². The summed E-state index contributed by atoms with van der Waals surface area (Å²) in [5.74, 6) is 1.14. The van der Waals surface area contributed by atoms with Crippen LogP contribution < -0.4 is 11.1 Å². The smallest absolute Gasteiger partial charge is 0.240 e. The normalized spacial score (nSPS) is 29.9. The molecule has 4 atom stereocenters. The average Bonchev–Trinajstić information content (AvgIpc) is 3.12. The number of benzene rings is 1. The summed E-state index contributed by atoms with van der Waals surface area (Å²) in [6.45, 7) is 3.90. The van der Waals surface area contributed by atoms with Gasteiger partial charge in [-0.25, -0.2) is 0 Å². The quantitative estimate of drug-likeness (QED) is 0.884. The van der Waals surface area contributed by atoms with Gasteiger partial charge in [0, 0.05) is 12.0 Å². The van der Waals surface area contributed by atoms with Gasteiger partial charge in [-0.3, -0.25) is 4.79 Å². The Bertz CT molecular complexity index is 523. The zero-order chi connectivity index (χ0) is 14.3. The van der Waals surface area contributed by atoms with Crippen molar-refractivity contribution in [3.05, 3.63) is 35.4 Å². The number of carbonyl (C=O) groups excluding carboxylic acids is 1. The van der Waals surface area contributed by atoms with Crippen LogP contribution in [0.5, 0.6) is 0 Å². The highest BCUT2D eigenvalue weighted by atomic mass is 16.2. The Balaban J connectivity index is 1.69. The lowest BCUT2D eigenvalue weighted by Gasteiger charge is -2.23. The fourth-order valence-corrected chi connectivity index (χ4v) is 3.71. The molecule has 2 aliphatic rings. The molecule has 1 aromatic carbocycles. The van der Waals surface area contributed by atoms with Gasteiger partial charge >= 0.3 is 0 Å². The molecule has 0 saturated heterocycles. The molecule has 1 aromatic rings. The molecule has 1 fully saturated rings. The van der Waals surface area contributed by atoms with Crippen molar-refractivity contribution in [3.63, 3.8) is 0 Å². The number of amides is 1. The second-order valence-electron chi connectivity index (χ2n) is 6.59. The SMILES string of the molecule is CCCC(C)(N)C(=O)NC1C2CCc3ccccc3C21. The molecule has 1 saturated carbocycles. The first-order valence-corrected chi connectivity index (χ1v) is 7.72. The highest BCUT2D eigenvalue weighted by Gasteiger charge is 2.54. The fourth-order valence-electron chi connectivity index (χ4n) is 3.71. The van der Waals surface area contributed by atoms with Crippen LogP contribution >= 0.6 is 0 Å². The van der Waals surface area contributed by atoms with E-state index in [0.29, 0.717) is 17.9 Å². The molecule has 3 N–H and O–H groups in total. The molecule has 3 nitrogen and oxygen atoms in total. The minimum atomic E-state index is -0.736. The van der Waals surface area contributed by atoms with Crippen molar-refractivity contribution in [1.29, 1.82) is 0 Å². The van der Waals surface area contributed by atoms with Crippen molar-refractivity contribution in [3.8, 4) is 0 Å². The van der Waals surface area contributed by atoms with Gasteiger partial charge in [-0.05, 0) is 43.2 Å². The highest BCUT2D eigenvalue weighted by molar-refractivity contribution is 5.86. The van der Waals surface area contributed by atoms with Gasteiger partial charge in [0.15, 0.2) is 0 Å². The van der Waals surface area contributed by atoms with Gasteiger partial charge in [-0.1, -0.05) is 37.6 Å². The molecule has 0 bridgehead atoms. The molecule has 0 spiro atoms. The van der Waals surface area contributed by atoms with Crippen LogP contribution in [0, 0.1) is 5.92 Å². The Morgan fingerprint density at radius 1 is 1.45 bits per heavy atom.